The Hall–Kier alpha value is 0.787. The fourth-order valence-corrected chi connectivity index (χ4v) is 4.04. The normalized spacial score (nSPS) is 12.3. The average Bonchev–Trinajstić information content (AvgIpc) is 2.41. The van der Waals surface area contributed by atoms with Gasteiger partial charge in [0.05, 0.1) is 26.2 Å². The number of quaternary nitrogens is 1. The van der Waals surface area contributed by atoms with Crippen molar-refractivity contribution in [3.63, 3.8) is 0 Å². The van der Waals surface area contributed by atoms with Crippen molar-refractivity contribution in [2.75, 3.05) is 47.5 Å². The first-order valence-electron chi connectivity index (χ1n) is 6.58. The maximum atomic E-state index is 5.44. The minimum atomic E-state index is -2.37. The molecule has 0 aliphatic heterocycles. The Balaban J connectivity index is 0. The van der Waals surface area contributed by atoms with E-state index in [9.17, 15) is 0 Å². The van der Waals surface area contributed by atoms with Crippen LogP contribution in [0.1, 0.15) is 27.2 Å². The summed E-state index contributed by atoms with van der Waals surface area (Å²) in [6, 6.07) is 0.899. The molecule has 0 heterocycles. The van der Waals surface area contributed by atoms with Crippen LogP contribution in [0.2, 0.25) is 6.04 Å². The second kappa shape index (κ2) is 10.6. The lowest BCUT2D eigenvalue weighted by Gasteiger charge is -2.36. The molecule has 0 rings (SSSR count). The maximum absolute atomic E-state index is 5.44. The van der Waals surface area contributed by atoms with Crippen LogP contribution in [0.15, 0.2) is 0 Å². The summed E-state index contributed by atoms with van der Waals surface area (Å²) in [4.78, 5) is 0. The Bertz CT molecular complexity index is 163. The van der Waals surface area contributed by atoms with Crippen molar-refractivity contribution in [2.24, 2.45) is 0 Å². The van der Waals surface area contributed by atoms with E-state index >= 15 is 0 Å². The Morgan fingerprint density at radius 3 is 1.50 bits per heavy atom. The number of hydrogen-bond donors (Lipinski definition) is 0. The zero-order valence-electron chi connectivity index (χ0n) is 12.8. The molecule has 0 aromatic carbocycles. The highest BCUT2D eigenvalue weighted by molar-refractivity contribution is 6.60. The predicted octanol–water partition coefficient (Wildman–Crippen LogP) is -0.865. The number of rotatable bonds is 10. The number of hydrogen-bond acceptors (Lipinski definition) is 3. The molecular weight excluding hydrogens is 361 g/mol. The highest BCUT2D eigenvalue weighted by Gasteiger charge is 2.38. The van der Waals surface area contributed by atoms with Crippen molar-refractivity contribution >= 4 is 8.80 Å². The van der Waals surface area contributed by atoms with Gasteiger partial charge >= 0.3 is 8.80 Å². The Kier molecular flexibility index (Phi) is 12.4. The molecule has 0 aliphatic rings. The summed E-state index contributed by atoms with van der Waals surface area (Å²) in [5.41, 5.74) is 0. The Morgan fingerprint density at radius 1 is 0.833 bits per heavy atom. The quantitative estimate of drug-likeness (QED) is 0.276. The molecule has 4 nitrogen and oxygen atoms in total. The zero-order valence-corrected chi connectivity index (χ0v) is 16.0. The average molecular weight is 391 g/mol. The van der Waals surface area contributed by atoms with E-state index in [1.165, 1.54) is 30.7 Å². The molecule has 0 N–H and O–H groups in total. The van der Waals surface area contributed by atoms with E-state index in [-0.39, 0.29) is 24.0 Å². The maximum Gasteiger partial charge on any atom is 0.500 e. The molecule has 0 fully saturated rings. The van der Waals surface area contributed by atoms with E-state index in [2.05, 4.69) is 20.8 Å². The summed E-state index contributed by atoms with van der Waals surface area (Å²) >= 11 is 0. The van der Waals surface area contributed by atoms with Crippen LogP contribution in [-0.2, 0) is 13.3 Å². The second-order valence-electron chi connectivity index (χ2n) is 4.41. The summed E-state index contributed by atoms with van der Waals surface area (Å²) < 4.78 is 17.5. The number of halogens is 1. The molecule has 6 heteroatoms. The lowest BCUT2D eigenvalue weighted by molar-refractivity contribution is -0.923. The van der Waals surface area contributed by atoms with Crippen LogP contribution in [0.3, 0.4) is 0 Å². The molecular formula is C12H30INO3Si. The molecule has 0 aromatic heterocycles. The fraction of sp³-hybridized carbons (Fsp3) is 1.00. The lowest BCUT2D eigenvalue weighted by Crippen LogP contribution is -3.00. The van der Waals surface area contributed by atoms with E-state index in [1.807, 2.05) is 0 Å². The lowest BCUT2D eigenvalue weighted by atomic mass is 10.3. The summed E-state index contributed by atoms with van der Waals surface area (Å²) in [7, 11) is 2.68. The van der Waals surface area contributed by atoms with E-state index in [1.54, 1.807) is 21.3 Å². The highest BCUT2D eigenvalue weighted by atomic mass is 127. The standard InChI is InChI=1S/C12H30NO3Si.HI/c1-7-13(8-2,9-3)11-10-12-17(14-4,15-5)16-6;/h7-12H2,1-6H3;1H/q+1;/p-1. The molecule has 0 atom stereocenters. The molecule has 0 spiro atoms. The highest BCUT2D eigenvalue weighted by Crippen LogP contribution is 2.17. The SMILES string of the molecule is CC[N+](CC)(CC)CCC[Si](OC)(OC)OC.[I-]. The third-order valence-electron chi connectivity index (χ3n) is 4.06. The van der Waals surface area contributed by atoms with Crippen molar-refractivity contribution in [3.05, 3.63) is 0 Å². The van der Waals surface area contributed by atoms with Gasteiger partial charge in [-0.15, -0.1) is 0 Å². The van der Waals surface area contributed by atoms with E-state index in [0.29, 0.717) is 0 Å². The van der Waals surface area contributed by atoms with Gasteiger partial charge in [-0.05, 0) is 20.8 Å². The first-order chi connectivity index (χ1) is 8.07. The molecule has 0 aliphatic carbocycles. The van der Waals surface area contributed by atoms with Gasteiger partial charge in [0, 0.05) is 33.8 Å². The van der Waals surface area contributed by atoms with Gasteiger partial charge in [0.2, 0.25) is 0 Å². The van der Waals surface area contributed by atoms with Crippen LogP contribution in [0.4, 0.5) is 0 Å². The van der Waals surface area contributed by atoms with Crippen molar-refractivity contribution in [2.45, 2.75) is 33.2 Å². The van der Waals surface area contributed by atoms with Crippen LogP contribution in [0.5, 0.6) is 0 Å². The molecule has 18 heavy (non-hydrogen) atoms. The van der Waals surface area contributed by atoms with E-state index in [0.717, 1.165) is 12.5 Å². The van der Waals surface area contributed by atoms with Gasteiger partial charge in [-0.1, -0.05) is 0 Å². The van der Waals surface area contributed by atoms with Crippen LogP contribution < -0.4 is 24.0 Å². The number of nitrogens with zero attached hydrogens (tertiary/aromatic N) is 1. The molecule has 0 saturated heterocycles. The first-order valence-corrected chi connectivity index (χ1v) is 8.51. The van der Waals surface area contributed by atoms with E-state index in [4.69, 9.17) is 13.3 Å². The van der Waals surface area contributed by atoms with Gasteiger partial charge in [0.15, 0.2) is 0 Å². The minimum Gasteiger partial charge on any atom is -1.00 e. The minimum absolute atomic E-state index is 0. The molecule has 0 amide bonds. The van der Waals surface area contributed by atoms with Gasteiger partial charge in [-0.3, -0.25) is 0 Å². The Labute approximate surface area is 131 Å². The monoisotopic (exact) mass is 391 g/mol. The summed E-state index contributed by atoms with van der Waals surface area (Å²) in [6.07, 6.45) is 1.09. The van der Waals surface area contributed by atoms with Gasteiger partial charge in [-0.2, -0.15) is 0 Å². The smallest absolute Gasteiger partial charge is 0.500 e. The topological polar surface area (TPSA) is 27.7 Å². The van der Waals surface area contributed by atoms with Crippen LogP contribution >= 0.6 is 0 Å². The molecule has 112 valence electrons. The first kappa shape index (κ1) is 21.1. The van der Waals surface area contributed by atoms with Crippen molar-refractivity contribution < 1.29 is 41.7 Å². The fourth-order valence-electron chi connectivity index (χ4n) is 2.33. The Morgan fingerprint density at radius 2 is 1.22 bits per heavy atom. The van der Waals surface area contributed by atoms with Crippen molar-refractivity contribution in [1.82, 2.24) is 0 Å². The summed E-state index contributed by atoms with van der Waals surface area (Å²) in [5, 5.41) is 0. The van der Waals surface area contributed by atoms with Crippen molar-refractivity contribution in [3.8, 4) is 0 Å². The van der Waals surface area contributed by atoms with Crippen LogP contribution in [0, 0.1) is 0 Å². The third kappa shape index (κ3) is 5.83. The molecule has 0 saturated carbocycles. The van der Waals surface area contributed by atoms with Crippen LogP contribution in [-0.4, -0.2) is 60.8 Å². The molecule has 0 bridgehead atoms. The van der Waals surface area contributed by atoms with Crippen molar-refractivity contribution in [1.29, 1.82) is 0 Å². The summed E-state index contributed by atoms with van der Waals surface area (Å²) in [6.45, 7) is 11.5. The van der Waals surface area contributed by atoms with Gasteiger partial charge < -0.3 is 41.7 Å². The molecule has 0 aromatic rings. The molecule has 0 radical (unpaired) electrons. The van der Waals surface area contributed by atoms with Crippen LogP contribution in [0.25, 0.3) is 0 Å². The zero-order chi connectivity index (χ0) is 13.4. The third-order valence-corrected chi connectivity index (χ3v) is 6.89. The van der Waals surface area contributed by atoms with Gasteiger partial charge in [0.1, 0.15) is 0 Å². The van der Waals surface area contributed by atoms with Gasteiger partial charge in [0.25, 0.3) is 0 Å². The largest absolute Gasteiger partial charge is 1.00 e. The predicted molar refractivity (Wildman–Crippen MR) is 73.0 cm³/mol. The molecule has 0 unspecified atom stereocenters. The van der Waals surface area contributed by atoms with E-state index < -0.39 is 8.80 Å². The summed E-state index contributed by atoms with van der Waals surface area (Å²) in [5.74, 6) is 0. The second-order valence-corrected chi connectivity index (χ2v) is 7.50. The van der Waals surface area contributed by atoms with Gasteiger partial charge in [-0.25, -0.2) is 0 Å².